The molecule has 0 radical (unpaired) electrons. The van der Waals surface area contributed by atoms with Gasteiger partial charge in [-0.15, -0.1) is 0 Å². The van der Waals surface area contributed by atoms with Crippen LogP contribution in [0, 0.1) is 17.8 Å². The monoisotopic (exact) mass is 252 g/mol. The third-order valence-corrected chi connectivity index (χ3v) is 4.51. The van der Waals surface area contributed by atoms with Gasteiger partial charge in [-0.25, -0.2) is 4.68 Å². The Balaban J connectivity index is 1.65. The zero-order valence-electron chi connectivity index (χ0n) is 10.7. The van der Waals surface area contributed by atoms with Gasteiger partial charge >= 0.3 is 0 Å². The second-order valence-corrected chi connectivity index (χ2v) is 5.75. The van der Waals surface area contributed by atoms with Gasteiger partial charge in [0.25, 0.3) is 0 Å². The maximum absolute atomic E-state index is 12.6. The summed E-state index contributed by atoms with van der Waals surface area (Å²) < 4.78 is 1.77. The lowest BCUT2D eigenvalue weighted by Gasteiger charge is -2.12. The van der Waals surface area contributed by atoms with Gasteiger partial charge in [-0.2, -0.15) is 5.10 Å². The Labute approximate surface area is 112 Å². The summed E-state index contributed by atoms with van der Waals surface area (Å²) in [5, 5.41) is 4.30. The van der Waals surface area contributed by atoms with Gasteiger partial charge in [0.05, 0.1) is 11.9 Å². The predicted octanol–water partition coefficient (Wildman–Crippen LogP) is 3.10. The summed E-state index contributed by atoms with van der Waals surface area (Å²) in [6.45, 7) is 0. The van der Waals surface area contributed by atoms with E-state index in [9.17, 15) is 4.79 Å². The van der Waals surface area contributed by atoms with Gasteiger partial charge in [-0.05, 0) is 49.3 Å². The first-order chi connectivity index (χ1) is 9.33. The molecule has 2 unspecified atom stereocenters. The molecular weight excluding hydrogens is 236 g/mol. The van der Waals surface area contributed by atoms with Gasteiger partial charge in [0, 0.05) is 5.92 Å². The zero-order valence-corrected chi connectivity index (χ0v) is 10.7. The van der Waals surface area contributed by atoms with Crippen molar-refractivity contribution in [2.75, 3.05) is 0 Å². The standard InChI is InChI=1S/C16H16N2O/c19-16(13-9-11-8-12(11)10-13)15-6-7-17-18(15)14-4-2-1-3-5-14/h1-7,11-13H,8-10H2. The predicted molar refractivity (Wildman–Crippen MR) is 72.2 cm³/mol. The van der Waals surface area contributed by atoms with Crippen molar-refractivity contribution < 1.29 is 4.79 Å². The van der Waals surface area contributed by atoms with Crippen molar-refractivity contribution in [3.63, 3.8) is 0 Å². The van der Waals surface area contributed by atoms with Gasteiger partial charge in [0.1, 0.15) is 5.69 Å². The summed E-state index contributed by atoms with van der Waals surface area (Å²) in [5.74, 6) is 2.17. The minimum Gasteiger partial charge on any atom is -0.292 e. The lowest BCUT2D eigenvalue weighted by atomic mass is 9.96. The molecular formula is C16H16N2O. The van der Waals surface area contributed by atoms with E-state index in [0.717, 1.165) is 36.1 Å². The third kappa shape index (κ3) is 1.81. The average Bonchev–Trinajstić information content (AvgIpc) is 2.91. The lowest BCUT2D eigenvalue weighted by molar-refractivity contribution is 0.0906. The highest BCUT2D eigenvalue weighted by atomic mass is 16.1. The summed E-state index contributed by atoms with van der Waals surface area (Å²) in [4.78, 5) is 12.6. The Morgan fingerprint density at radius 1 is 1.05 bits per heavy atom. The van der Waals surface area contributed by atoms with E-state index in [1.54, 1.807) is 10.9 Å². The maximum Gasteiger partial charge on any atom is 0.184 e. The Hall–Kier alpha value is -1.90. The van der Waals surface area contributed by atoms with Crippen molar-refractivity contribution in [2.45, 2.75) is 19.3 Å². The van der Waals surface area contributed by atoms with Gasteiger partial charge in [-0.3, -0.25) is 4.79 Å². The second-order valence-electron chi connectivity index (χ2n) is 5.75. The van der Waals surface area contributed by atoms with Gasteiger partial charge < -0.3 is 0 Å². The van der Waals surface area contributed by atoms with E-state index in [-0.39, 0.29) is 11.7 Å². The molecule has 0 aliphatic heterocycles. The van der Waals surface area contributed by atoms with Crippen LogP contribution in [0.1, 0.15) is 29.8 Å². The Morgan fingerprint density at radius 2 is 1.79 bits per heavy atom. The van der Waals surface area contributed by atoms with E-state index in [0.29, 0.717) is 0 Å². The Morgan fingerprint density at radius 3 is 2.53 bits per heavy atom. The molecule has 0 amide bonds. The normalized spacial score (nSPS) is 28.1. The molecule has 2 atom stereocenters. The molecule has 3 nitrogen and oxygen atoms in total. The number of carbonyl (C=O) groups is 1. The number of aromatic nitrogens is 2. The SMILES string of the molecule is O=C(c1ccnn1-c1ccccc1)C1CC2CC2C1. The number of hydrogen-bond donors (Lipinski definition) is 0. The number of benzene rings is 1. The lowest BCUT2D eigenvalue weighted by Crippen LogP contribution is -2.17. The molecule has 2 aliphatic carbocycles. The molecule has 19 heavy (non-hydrogen) atoms. The zero-order chi connectivity index (χ0) is 12.8. The average molecular weight is 252 g/mol. The van der Waals surface area contributed by atoms with Crippen molar-refractivity contribution in [1.82, 2.24) is 9.78 Å². The fraction of sp³-hybridized carbons (Fsp3) is 0.375. The fourth-order valence-electron chi connectivity index (χ4n) is 3.40. The third-order valence-electron chi connectivity index (χ3n) is 4.51. The van der Waals surface area contributed by atoms with Crippen LogP contribution in [-0.2, 0) is 0 Å². The maximum atomic E-state index is 12.6. The van der Waals surface area contributed by atoms with Crippen LogP contribution in [0.5, 0.6) is 0 Å². The molecule has 2 fully saturated rings. The van der Waals surface area contributed by atoms with E-state index >= 15 is 0 Å². The first-order valence-electron chi connectivity index (χ1n) is 6.96. The number of nitrogens with zero attached hydrogens (tertiary/aromatic N) is 2. The highest BCUT2D eigenvalue weighted by Gasteiger charge is 2.48. The first-order valence-corrected chi connectivity index (χ1v) is 6.96. The van der Waals surface area contributed by atoms with E-state index in [4.69, 9.17) is 0 Å². The molecule has 1 heterocycles. The molecule has 3 heteroatoms. The number of Topliss-reactive ketones (excluding diaryl/α,β-unsaturated/α-hetero) is 1. The Kier molecular flexibility index (Phi) is 2.34. The summed E-state index contributed by atoms with van der Waals surface area (Å²) in [7, 11) is 0. The van der Waals surface area contributed by atoms with Crippen LogP contribution in [0.3, 0.4) is 0 Å². The van der Waals surface area contributed by atoms with E-state index in [1.807, 2.05) is 36.4 Å². The summed E-state index contributed by atoms with van der Waals surface area (Å²) in [6, 6.07) is 11.7. The molecule has 1 aromatic carbocycles. The van der Waals surface area contributed by atoms with Crippen LogP contribution in [0.15, 0.2) is 42.6 Å². The van der Waals surface area contributed by atoms with Crippen molar-refractivity contribution in [3.05, 3.63) is 48.3 Å². The van der Waals surface area contributed by atoms with Crippen molar-refractivity contribution >= 4 is 5.78 Å². The molecule has 0 spiro atoms. The minimum absolute atomic E-state index is 0.225. The molecule has 0 N–H and O–H groups in total. The summed E-state index contributed by atoms with van der Waals surface area (Å²) in [5.41, 5.74) is 1.69. The molecule has 0 saturated heterocycles. The quantitative estimate of drug-likeness (QED) is 0.787. The van der Waals surface area contributed by atoms with Crippen molar-refractivity contribution in [2.24, 2.45) is 17.8 Å². The molecule has 2 aliphatic rings. The van der Waals surface area contributed by atoms with Crippen LogP contribution in [-0.4, -0.2) is 15.6 Å². The molecule has 0 bridgehead atoms. The van der Waals surface area contributed by atoms with Crippen molar-refractivity contribution in [3.8, 4) is 5.69 Å². The number of rotatable bonds is 3. The van der Waals surface area contributed by atoms with Crippen LogP contribution in [0.25, 0.3) is 5.69 Å². The molecule has 4 rings (SSSR count). The smallest absolute Gasteiger partial charge is 0.184 e. The van der Waals surface area contributed by atoms with Gasteiger partial charge in [0.2, 0.25) is 0 Å². The topological polar surface area (TPSA) is 34.9 Å². The number of ketones is 1. The van der Waals surface area contributed by atoms with E-state index < -0.39 is 0 Å². The van der Waals surface area contributed by atoms with Crippen LogP contribution in [0.2, 0.25) is 0 Å². The number of hydrogen-bond acceptors (Lipinski definition) is 2. The van der Waals surface area contributed by atoms with E-state index in [1.165, 1.54) is 6.42 Å². The molecule has 96 valence electrons. The highest BCUT2D eigenvalue weighted by Crippen LogP contribution is 2.54. The van der Waals surface area contributed by atoms with Crippen LogP contribution >= 0.6 is 0 Å². The minimum atomic E-state index is 0.225. The second kappa shape index (κ2) is 4.05. The number of carbonyl (C=O) groups excluding carboxylic acids is 1. The largest absolute Gasteiger partial charge is 0.292 e. The van der Waals surface area contributed by atoms with Gasteiger partial charge in [-0.1, -0.05) is 18.2 Å². The Bertz CT molecular complexity index is 607. The number of para-hydroxylation sites is 1. The first kappa shape index (κ1) is 11.0. The van der Waals surface area contributed by atoms with Crippen molar-refractivity contribution in [1.29, 1.82) is 0 Å². The summed E-state index contributed by atoms with van der Waals surface area (Å²) in [6.07, 6.45) is 5.24. The fourth-order valence-corrected chi connectivity index (χ4v) is 3.40. The van der Waals surface area contributed by atoms with Gasteiger partial charge in [0.15, 0.2) is 5.78 Å². The molecule has 2 aromatic rings. The van der Waals surface area contributed by atoms with E-state index in [2.05, 4.69) is 5.10 Å². The van der Waals surface area contributed by atoms with Crippen LogP contribution < -0.4 is 0 Å². The molecule has 2 saturated carbocycles. The number of fused-ring (bicyclic) bond motifs is 1. The summed E-state index contributed by atoms with van der Waals surface area (Å²) >= 11 is 0. The molecule has 1 aromatic heterocycles. The highest BCUT2D eigenvalue weighted by molar-refractivity contribution is 5.97. The van der Waals surface area contributed by atoms with Crippen LogP contribution in [0.4, 0.5) is 0 Å².